The lowest BCUT2D eigenvalue weighted by molar-refractivity contribution is 0.414. The molecule has 5 rings (SSSR count). The van der Waals surface area contributed by atoms with Crippen LogP contribution in [0.2, 0.25) is 0 Å². The number of ether oxygens (including phenoxy) is 1. The van der Waals surface area contributed by atoms with Crippen LogP contribution in [0, 0.1) is 0 Å². The summed E-state index contributed by atoms with van der Waals surface area (Å²) in [6, 6.07) is 25.8. The fourth-order valence-electron chi connectivity index (χ4n) is 3.76. The molecule has 0 saturated carbocycles. The third kappa shape index (κ3) is 2.40. The van der Waals surface area contributed by atoms with Gasteiger partial charge in [0.2, 0.25) is 0 Å². The van der Waals surface area contributed by atoms with Crippen LogP contribution in [0.3, 0.4) is 0 Å². The van der Waals surface area contributed by atoms with Gasteiger partial charge in [0.1, 0.15) is 11.3 Å². The molecule has 0 aliphatic rings. The maximum absolute atomic E-state index is 13.0. The lowest BCUT2D eigenvalue weighted by Gasteiger charge is -2.13. The predicted molar refractivity (Wildman–Crippen MR) is 109 cm³/mol. The summed E-state index contributed by atoms with van der Waals surface area (Å²) in [4.78, 5) is 13.0. The minimum Gasteiger partial charge on any atom is -0.497 e. The van der Waals surface area contributed by atoms with E-state index in [-0.39, 0.29) is 5.63 Å². The van der Waals surface area contributed by atoms with Crippen molar-refractivity contribution in [3.63, 3.8) is 0 Å². The number of rotatable bonds is 2. The van der Waals surface area contributed by atoms with E-state index < -0.39 is 0 Å². The van der Waals surface area contributed by atoms with Crippen molar-refractivity contribution >= 4 is 32.5 Å². The van der Waals surface area contributed by atoms with Crippen LogP contribution in [0.4, 0.5) is 0 Å². The maximum atomic E-state index is 13.0. The van der Waals surface area contributed by atoms with Gasteiger partial charge in [0.15, 0.2) is 0 Å². The lowest BCUT2D eigenvalue weighted by Crippen LogP contribution is -2.03. The van der Waals surface area contributed by atoms with Crippen molar-refractivity contribution in [1.82, 2.24) is 0 Å². The highest BCUT2D eigenvalue weighted by atomic mass is 16.5. The summed E-state index contributed by atoms with van der Waals surface area (Å²) in [5.41, 5.74) is 2.10. The van der Waals surface area contributed by atoms with Crippen LogP contribution in [-0.4, -0.2) is 7.11 Å². The van der Waals surface area contributed by atoms with E-state index in [0.29, 0.717) is 16.7 Å². The van der Waals surface area contributed by atoms with Crippen LogP contribution in [-0.2, 0) is 0 Å². The Balaban J connectivity index is 2.05. The number of benzene rings is 4. The third-order valence-corrected chi connectivity index (χ3v) is 5.00. The second-order valence-corrected chi connectivity index (χ2v) is 6.51. The van der Waals surface area contributed by atoms with Gasteiger partial charge in [-0.25, -0.2) is 4.79 Å². The first-order valence-corrected chi connectivity index (χ1v) is 8.78. The number of fused-ring (bicyclic) bond motifs is 4. The minimum atomic E-state index is -0.338. The van der Waals surface area contributed by atoms with Gasteiger partial charge in [0.05, 0.1) is 12.5 Å². The van der Waals surface area contributed by atoms with Crippen molar-refractivity contribution in [3.8, 4) is 16.9 Å². The molecule has 3 nitrogen and oxygen atoms in total. The molecule has 0 fully saturated rings. The van der Waals surface area contributed by atoms with E-state index in [1.807, 2.05) is 54.6 Å². The van der Waals surface area contributed by atoms with Crippen molar-refractivity contribution in [1.29, 1.82) is 0 Å². The molecule has 0 amide bonds. The molecule has 0 aliphatic heterocycles. The minimum absolute atomic E-state index is 0.338. The van der Waals surface area contributed by atoms with Crippen LogP contribution < -0.4 is 10.4 Å². The van der Waals surface area contributed by atoms with Crippen LogP contribution in [0.1, 0.15) is 0 Å². The maximum Gasteiger partial charge on any atom is 0.344 e. The second-order valence-electron chi connectivity index (χ2n) is 6.51. The highest BCUT2D eigenvalue weighted by Crippen LogP contribution is 2.37. The van der Waals surface area contributed by atoms with Gasteiger partial charge < -0.3 is 9.15 Å². The zero-order chi connectivity index (χ0) is 18.4. The summed E-state index contributed by atoms with van der Waals surface area (Å²) in [5.74, 6) is 0.661. The molecule has 1 aromatic heterocycles. The van der Waals surface area contributed by atoms with E-state index in [0.717, 1.165) is 32.7 Å². The Morgan fingerprint density at radius 2 is 1.56 bits per heavy atom. The molecule has 0 aliphatic carbocycles. The summed E-state index contributed by atoms with van der Waals surface area (Å²) < 4.78 is 11.0. The molecule has 0 atom stereocenters. The average molecular weight is 352 g/mol. The number of hydrogen-bond donors (Lipinski definition) is 0. The standard InChI is InChI=1S/C24H16O3/c1-26-17-11-12-19-20-13-16-9-5-6-10-18(16)22(15-7-3-2-4-8-15)23(20)24(25)27-21(19)14-17/h2-14H,1H3. The first kappa shape index (κ1) is 15.6. The van der Waals surface area contributed by atoms with E-state index in [2.05, 4.69) is 18.2 Å². The summed E-state index contributed by atoms with van der Waals surface area (Å²) >= 11 is 0. The molecule has 3 heteroatoms. The molecule has 0 radical (unpaired) electrons. The summed E-state index contributed by atoms with van der Waals surface area (Å²) in [6.45, 7) is 0. The highest BCUT2D eigenvalue weighted by molar-refractivity contribution is 6.18. The smallest absolute Gasteiger partial charge is 0.344 e. The molecule has 0 unspecified atom stereocenters. The zero-order valence-electron chi connectivity index (χ0n) is 14.7. The Labute approximate surface area is 155 Å². The van der Waals surface area contributed by atoms with E-state index in [4.69, 9.17) is 9.15 Å². The Bertz CT molecular complexity index is 1370. The summed E-state index contributed by atoms with van der Waals surface area (Å²) in [7, 11) is 1.60. The van der Waals surface area contributed by atoms with Crippen LogP contribution in [0.15, 0.2) is 88.1 Å². The molecule has 5 aromatic rings. The summed E-state index contributed by atoms with van der Waals surface area (Å²) in [5, 5.41) is 4.52. The SMILES string of the molecule is COc1ccc2c(c1)oc(=O)c1c(-c3ccccc3)c3ccccc3cc12. The average Bonchev–Trinajstić information content (AvgIpc) is 2.72. The molecule has 0 bridgehead atoms. The molecular formula is C24H16O3. The van der Waals surface area contributed by atoms with E-state index >= 15 is 0 Å². The molecule has 0 saturated heterocycles. The highest BCUT2D eigenvalue weighted by Gasteiger charge is 2.16. The van der Waals surface area contributed by atoms with Crippen LogP contribution >= 0.6 is 0 Å². The molecular weight excluding hydrogens is 336 g/mol. The molecule has 4 aromatic carbocycles. The fourth-order valence-corrected chi connectivity index (χ4v) is 3.76. The van der Waals surface area contributed by atoms with Gasteiger partial charge in [-0.2, -0.15) is 0 Å². The molecule has 27 heavy (non-hydrogen) atoms. The predicted octanol–water partition coefficient (Wildman–Crippen LogP) is 5.78. The third-order valence-electron chi connectivity index (χ3n) is 5.00. The first-order chi connectivity index (χ1) is 13.3. The fraction of sp³-hybridized carbons (Fsp3) is 0.0417. The Hall–Kier alpha value is -3.59. The largest absolute Gasteiger partial charge is 0.497 e. The Kier molecular flexibility index (Phi) is 3.47. The topological polar surface area (TPSA) is 39.4 Å². The van der Waals surface area contributed by atoms with Gasteiger partial charge in [-0.05, 0) is 34.5 Å². The van der Waals surface area contributed by atoms with Gasteiger partial charge in [-0.1, -0.05) is 54.6 Å². The molecule has 0 N–H and O–H groups in total. The van der Waals surface area contributed by atoms with Gasteiger partial charge in [0, 0.05) is 22.4 Å². The second kappa shape index (κ2) is 5.99. The van der Waals surface area contributed by atoms with E-state index in [9.17, 15) is 4.79 Å². The van der Waals surface area contributed by atoms with Crippen molar-refractivity contribution < 1.29 is 9.15 Å². The molecule has 130 valence electrons. The van der Waals surface area contributed by atoms with Gasteiger partial charge in [0.25, 0.3) is 0 Å². The quantitative estimate of drug-likeness (QED) is 0.230. The Morgan fingerprint density at radius 3 is 2.37 bits per heavy atom. The normalized spacial score (nSPS) is 11.3. The van der Waals surface area contributed by atoms with Gasteiger partial charge in [-0.15, -0.1) is 0 Å². The van der Waals surface area contributed by atoms with Gasteiger partial charge >= 0.3 is 5.63 Å². The first-order valence-electron chi connectivity index (χ1n) is 8.78. The lowest BCUT2D eigenvalue weighted by atomic mass is 9.92. The summed E-state index contributed by atoms with van der Waals surface area (Å²) in [6.07, 6.45) is 0. The van der Waals surface area contributed by atoms with Crippen molar-refractivity contribution in [2.24, 2.45) is 0 Å². The Morgan fingerprint density at radius 1 is 0.778 bits per heavy atom. The molecule has 0 spiro atoms. The van der Waals surface area contributed by atoms with Gasteiger partial charge in [-0.3, -0.25) is 0 Å². The van der Waals surface area contributed by atoms with E-state index in [1.54, 1.807) is 13.2 Å². The molecule has 1 heterocycles. The van der Waals surface area contributed by atoms with Crippen LogP contribution in [0.5, 0.6) is 5.75 Å². The zero-order valence-corrected chi connectivity index (χ0v) is 14.7. The number of methoxy groups -OCH3 is 1. The van der Waals surface area contributed by atoms with Crippen molar-refractivity contribution in [2.45, 2.75) is 0 Å². The van der Waals surface area contributed by atoms with Crippen LogP contribution in [0.25, 0.3) is 43.6 Å². The monoisotopic (exact) mass is 352 g/mol. The number of hydrogen-bond acceptors (Lipinski definition) is 3. The van der Waals surface area contributed by atoms with Crippen molar-refractivity contribution in [3.05, 3.63) is 89.3 Å². The van der Waals surface area contributed by atoms with Crippen molar-refractivity contribution in [2.75, 3.05) is 7.11 Å². The van der Waals surface area contributed by atoms with E-state index in [1.165, 1.54) is 0 Å².